The molecule has 1 aromatic carbocycles. The van der Waals surface area contributed by atoms with E-state index < -0.39 is 47.1 Å². The second-order valence-electron chi connectivity index (χ2n) is 12.4. The van der Waals surface area contributed by atoms with Crippen LogP contribution in [0, 0.1) is 0 Å². The molecule has 2 aliphatic heterocycles. The third-order valence-electron chi connectivity index (χ3n) is 8.61. The number of aliphatic hydroxyl groups excluding tert-OH is 1. The predicted molar refractivity (Wildman–Crippen MR) is 149 cm³/mol. The largest absolute Gasteiger partial charge is 0.414 e. The number of hydrogen-bond acceptors (Lipinski definition) is 8. The van der Waals surface area contributed by atoms with Crippen molar-refractivity contribution < 1.29 is 32.8 Å². The molecule has 4 atom stereocenters. The normalized spacial score (nSPS) is 32.8. The van der Waals surface area contributed by atoms with Crippen molar-refractivity contribution >= 4 is 23.1 Å². The molecular weight excluding hydrogens is 518 g/mol. The van der Waals surface area contributed by atoms with Crippen molar-refractivity contribution in [3.63, 3.8) is 0 Å². The smallest absolute Gasteiger partial charge is 0.335 e. The van der Waals surface area contributed by atoms with Crippen molar-refractivity contribution in [2.24, 2.45) is 0 Å². The Hall–Kier alpha value is -1.38. The number of hydrogen-bond donors (Lipinski definition) is 2. The fourth-order valence-electron chi connectivity index (χ4n) is 6.39. The molecular formula is C28H45NO7Si2. The fourth-order valence-corrected chi connectivity index (χ4v) is 17.7. The Morgan fingerprint density at radius 3 is 1.92 bits per heavy atom. The lowest BCUT2D eigenvalue weighted by Gasteiger charge is -2.51. The molecule has 1 aromatic rings. The van der Waals surface area contributed by atoms with Gasteiger partial charge in [-0.1, -0.05) is 97.9 Å². The average molecular weight is 564 g/mol. The molecule has 0 saturated carbocycles. The molecule has 4 rings (SSSR count). The van der Waals surface area contributed by atoms with E-state index in [0.29, 0.717) is 6.54 Å². The molecule has 2 fully saturated rings. The van der Waals surface area contributed by atoms with Crippen LogP contribution in [0.5, 0.6) is 0 Å². The van der Waals surface area contributed by atoms with Gasteiger partial charge in [0.25, 0.3) is 0 Å². The molecule has 3 aliphatic rings. The Morgan fingerprint density at radius 1 is 0.895 bits per heavy atom. The van der Waals surface area contributed by atoms with Gasteiger partial charge in [0.05, 0.1) is 19.6 Å². The van der Waals surface area contributed by atoms with Crippen LogP contribution in [0.1, 0.15) is 67.4 Å². The highest BCUT2D eigenvalue weighted by molar-refractivity contribution is 6.84. The van der Waals surface area contributed by atoms with Crippen molar-refractivity contribution in [3.05, 3.63) is 48.0 Å². The maximum absolute atomic E-state index is 13.0. The highest BCUT2D eigenvalue weighted by atomic mass is 28.5. The molecule has 0 unspecified atom stereocenters. The van der Waals surface area contributed by atoms with Crippen molar-refractivity contribution in [3.8, 4) is 0 Å². The average Bonchev–Trinajstić information content (AvgIpc) is 3.05. The van der Waals surface area contributed by atoms with Crippen LogP contribution in [0.25, 0.3) is 0 Å². The van der Waals surface area contributed by atoms with Gasteiger partial charge in [0.1, 0.15) is 23.3 Å². The van der Waals surface area contributed by atoms with E-state index in [1.54, 1.807) is 17.2 Å². The van der Waals surface area contributed by atoms with Gasteiger partial charge in [-0.2, -0.15) is 0 Å². The predicted octanol–water partition coefficient (Wildman–Crippen LogP) is 4.71. The number of rotatable bonds is 7. The highest BCUT2D eigenvalue weighted by Crippen LogP contribution is 2.54. The lowest BCUT2D eigenvalue weighted by atomic mass is 9.74. The number of hydroxylamine groups is 2. The third kappa shape index (κ3) is 4.66. The molecule has 2 N–H and O–H groups in total. The first kappa shape index (κ1) is 29.6. The Bertz CT molecular complexity index is 1020. The maximum Gasteiger partial charge on any atom is 0.335 e. The first-order valence-corrected chi connectivity index (χ1v) is 17.8. The van der Waals surface area contributed by atoms with Gasteiger partial charge in [-0.15, -0.1) is 5.06 Å². The second-order valence-corrected chi connectivity index (χ2v) is 21.2. The molecule has 8 nitrogen and oxygen atoms in total. The molecule has 1 aliphatic carbocycles. The third-order valence-corrected chi connectivity index (χ3v) is 18.8. The Balaban J connectivity index is 1.95. The van der Waals surface area contributed by atoms with Crippen molar-refractivity contribution in [1.29, 1.82) is 0 Å². The molecule has 2 heterocycles. The quantitative estimate of drug-likeness (QED) is 0.364. The van der Waals surface area contributed by atoms with Gasteiger partial charge in [0.15, 0.2) is 0 Å². The zero-order valence-electron chi connectivity index (χ0n) is 24.0. The molecule has 2 saturated heterocycles. The first-order chi connectivity index (χ1) is 17.8. The van der Waals surface area contributed by atoms with Crippen LogP contribution >= 0.6 is 0 Å². The minimum atomic E-state index is -3.06. The Morgan fingerprint density at radius 2 is 1.42 bits per heavy atom. The number of carbonyl (C=O) groups is 1. The van der Waals surface area contributed by atoms with E-state index in [1.807, 2.05) is 30.3 Å². The molecule has 1 spiro atoms. The van der Waals surface area contributed by atoms with Gasteiger partial charge in [0.2, 0.25) is 0 Å². The number of fused-ring (bicyclic) bond motifs is 2. The van der Waals surface area contributed by atoms with Crippen LogP contribution in [0.2, 0.25) is 22.2 Å². The highest BCUT2D eigenvalue weighted by Gasteiger charge is 2.69. The van der Waals surface area contributed by atoms with E-state index in [0.717, 1.165) is 5.56 Å². The SMILES string of the molecule is CC(C)[Si]1(C(C)C)O[C@@H]2[C@H](O[Si](C(C)C)(C(C)C)O1)[C@](O)(CO)C=C[C@]21CC(=O)ON1Cc1ccccc1. The summed E-state index contributed by atoms with van der Waals surface area (Å²) >= 11 is 0. The van der Waals surface area contributed by atoms with Crippen LogP contribution in [0.15, 0.2) is 42.5 Å². The van der Waals surface area contributed by atoms with Gasteiger partial charge in [0, 0.05) is 0 Å². The van der Waals surface area contributed by atoms with Crippen LogP contribution in [0.3, 0.4) is 0 Å². The van der Waals surface area contributed by atoms with Crippen molar-refractivity contribution in [2.45, 2.75) is 114 Å². The van der Waals surface area contributed by atoms with Crippen LogP contribution in [0.4, 0.5) is 0 Å². The summed E-state index contributed by atoms with van der Waals surface area (Å²) in [5.74, 6) is -0.370. The zero-order chi connectivity index (χ0) is 28.1. The topological polar surface area (TPSA) is 97.7 Å². The lowest BCUT2D eigenvalue weighted by molar-refractivity contribution is -0.213. The Labute approximate surface area is 229 Å². The summed E-state index contributed by atoms with van der Waals surface area (Å²) in [5.41, 5.74) is -1.52. The molecule has 0 amide bonds. The summed E-state index contributed by atoms with van der Waals surface area (Å²) in [6.45, 7) is 16.8. The van der Waals surface area contributed by atoms with E-state index in [1.165, 1.54) is 0 Å². The Kier molecular flexibility index (Phi) is 8.22. The number of aliphatic hydroxyl groups is 2. The summed E-state index contributed by atoms with van der Waals surface area (Å²) in [5, 5.41) is 24.0. The van der Waals surface area contributed by atoms with E-state index in [9.17, 15) is 15.0 Å². The van der Waals surface area contributed by atoms with E-state index in [2.05, 4.69) is 55.4 Å². The summed E-state index contributed by atoms with van der Waals surface area (Å²) in [4.78, 5) is 18.8. The summed E-state index contributed by atoms with van der Waals surface area (Å²) in [7, 11) is -6.11. The number of benzene rings is 1. The maximum atomic E-state index is 13.0. The minimum Gasteiger partial charge on any atom is -0.414 e. The monoisotopic (exact) mass is 563 g/mol. The number of carbonyl (C=O) groups excluding carboxylic acids is 1. The standard InChI is InChI=1S/C28H45NO7Si2/c1-19(2)37(20(3)4)34-25-26(35-38(36-37,21(5)6)22(7)8)28(32,18-30)15-14-27(25)16-24(31)33-29(27)17-23-12-10-9-11-13-23/h9-15,19-22,25-26,30,32H,16-18H2,1-8H3/t25-,26+,27+,28-/m1/s1. The fraction of sp³-hybridized carbons (Fsp3) is 0.679. The second kappa shape index (κ2) is 10.5. The van der Waals surface area contributed by atoms with Crippen LogP contribution < -0.4 is 0 Å². The van der Waals surface area contributed by atoms with Gasteiger partial charge < -0.3 is 28.0 Å². The van der Waals surface area contributed by atoms with E-state index in [-0.39, 0.29) is 34.6 Å². The lowest BCUT2D eigenvalue weighted by Crippen LogP contribution is -2.68. The summed E-state index contributed by atoms with van der Waals surface area (Å²) in [6.07, 6.45) is 1.66. The zero-order valence-corrected chi connectivity index (χ0v) is 26.0. The van der Waals surface area contributed by atoms with Crippen LogP contribution in [-0.4, -0.2) is 68.3 Å². The summed E-state index contributed by atoms with van der Waals surface area (Å²) in [6, 6.07) is 9.81. The van der Waals surface area contributed by atoms with Gasteiger partial charge in [-0.05, 0) is 27.7 Å². The first-order valence-electron chi connectivity index (χ1n) is 13.9. The molecule has 10 heteroatoms. The minimum absolute atomic E-state index is 0.0426. The van der Waals surface area contributed by atoms with Crippen LogP contribution in [-0.2, 0) is 29.1 Å². The van der Waals surface area contributed by atoms with Crippen molar-refractivity contribution in [2.75, 3.05) is 6.61 Å². The van der Waals surface area contributed by atoms with Gasteiger partial charge in [-0.3, -0.25) is 4.79 Å². The van der Waals surface area contributed by atoms with Gasteiger partial charge >= 0.3 is 23.1 Å². The van der Waals surface area contributed by atoms with Crippen molar-refractivity contribution in [1.82, 2.24) is 5.06 Å². The number of nitrogens with zero attached hydrogens (tertiary/aromatic N) is 1. The van der Waals surface area contributed by atoms with E-state index in [4.69, 9.17) is 17.8 Å². The molecule has 212 valence electrons. The molecule has 0 aromatic heterocycles. The molecule has 0 bridgehead atoms. The molecule has 0 radical (unpaired) electrons. The molecule has 38 heavy (non-hydrogen) atoms. The van der Waals surface area contributed by atoms with Gasteiger partial charge in [-0.25, -0.2) is 0 Å². The van der Waals surface area contributed by atoms with E-state index >= 15 is 0 Å². The summed E-state index contributed by atoms with van der Waals surface area (Å²) < 4.78 is 21.7.